The smallest absolute Gasteiger partial charge is 0.191 e. The summed E-state index contributed by atoms with van der Waals surface area (Å²) in [5.74, 6) is 0.714. The van der Waals surface area contributed by atoms with Crippen molar-refractivity contribution in [3.05, 3.63) is 30.1 Å². The average Bonchev–Trinajstić information content (AvgIpc) is 3.07. The predicted octanol–water partition coefficient (Wildman–Crippen LogP) is 3.25. The number of nitrogens with zero attached hydrogens (tertiary/aromatic N) is 2. The first-order valence-electron chi connectivity index (χ1n) is 9.31. The number of guanidine groups is 1. The van der Waals surface area contributed by atoms with Crippen LogP contribution in [-0.4, -0.2) is 55.7 Å². The van der Waals surface area contributed by atoms with Gasteiger partial charge in [-0.25, -0.2) is 9.38 Å². The van der Waals surface area contributed by atoms with Gasteiger partial charge in [0.1, 0.15) is 6.10 Å². The third kappa shape index (κ3) is 7.26. The molecule has 0 bridgehead atoms. The fourth-order valence-corrected chi connectivity index (χ4v) is 3.11. The van der Waals surface area contributed by atoms with E-state index >= 15 is 0 Å². The monoisotopic (exact) mass is 478 g/mol. The third-order valence-electron chi connectivity index (χ3n) is 4.43. The van der Waals surface area contributed by atoms with E-state index in [0.29, 0.717) is 12.6 Å². The molecular formula is C19H32FIN4O. The van der Waals surface area contributed by atoms with Crippen molar-refractivity contribution in [2.45, 2.75) is 45.8 Å². The van der Waals surface area contributed by atoms with E-state index in [1.807, 2.05) is 13.8 Å². The summed E-state index contributed by atoms with van der Waals surface area (Å²) in [6.45, 7) is 10.6. The van der Waals surface area contributed by atoms with Gasteiger partial charge in [-0.15, -0.1) is 24.0 Å². The van der Waals surface area contributed by atoms with Crippen LogP contribution < -0.4 is 15.4 Å². The van der Waals surface area contributed by atoms with Crippen molar-refractivity contribution in [2.24, 2.45) is 4.99 Å². The highest BCUT2D eigenvalue weighted by atomic mass is 127. The molecular weight excluding hydrogens is 446 g/mol. The fraction of sp³-hybridized carbons (Fsp3) is 0.632. The van der Waals surface area contributed by atoms with Crippen molar-refractivity contribution < 1.29 is 9.13 Å². The molecule has 2 N–H and O–H groups in total. The Labute approximate surface area is 173 Å². The van der Waals surface area contributed by atoms with Crippen LogP contribution in [0.15, 0.2) is 29.3 Å². The molecule has 1 aliphatic heterocycles. The molecule has 0 amide bonds. The van der Waals surface area contributed by atoms with Gasteiger partial charge in [0.15, 0.2) is 17.5 Å². The normalized spacial score (nSPS) is 18.9. The van der Waals surface area contributed by atoms with E-state index in [-0.39, 0.29) is 41.6 Å². The van der Waals surface area contributed by atoms with Gasteiger partial charge in [-0.2, -0.15) is 0 Å². The van der Waals surface area contributed by atoms with Crippen molar-refractivity contribution >= 4 is 29.9 Å². The molecule has 5 nitrogen and oxygen atoms in total. The summed E-state index contributed by atoms with van der Waals surface area (Å²) in [6, 6.07) is 7.03. The minimum atomic E-state index is -0.343. The van der Waals surface area contributed by atoms with E-state index in [2.05, 4.69) is 27.4 Å². The molecule has 148 valence electrons. The second kappa shape index (κ2) is 12.3. The maximum Gasteiger partial charge on any atom is 0.191 e. The average molecular weight is 478 g/mol. The number of likely N-dealkylation sites (tertiary alicyclic amines) is 1. The molecule has 7 heteroatoms. The molecule has 1 saturated heterocycles. The van der Waals surface area contributed by atoms with Crippen LogP contribution in [0.2, 0.25) is 0 Å². The summed E-state index contributed by atoms with van der Waals surface area (Å²) in [5, 5.41) is 6.69. The number of rotatable bonds is 8. The number of nitrogens with one attached hydrogen (secondary N) is 2. The molecule has 26 heavy (non-hydrogen) atoms. The van der Waals surface area contributed by atoms with Gasteiger partial charge < -0.3 is 15.4 Å². The van der Waals surface area contributed by atoms with Crippen LogP contribution in [0.25, 0.3) is 0 Å². The zero-order chi connectivity index (χ0) is 18.1. The lowest BCUT2D eigenvalue weighted by Crippen LogP contribution is -2.45. The molecule has 2 atom stereocenters. The molecule has 0 saturated carbocycles. The summed E-state index contributed by atoms with van der Waals surface area (Å²) < 4.78 is 19.3. The Morgan fingerprint density at radius 3 is 2.81 bits per heavy atom. The van der Waals surface area contributed by atoms with Gasteiger partial charge in [0, 0.05) is 19.1 Å². The number of benzene rings is 1. The molecule has 1 fully saturated rings. The molecule has 1 aromatic rings. The summed E-state index contributed by atoms with van der Waals surface area (Å²) >= 11 is 0. The largest absolute Gasteiger partial charge is 0.486 e. The van der Waals surface area contributed by atoms with Crippen LogP contribution in [-0.2, 0) is 0 Å². The Hall–Kier alpha value is -1.09. The van der Waals surface area contributed by atoms with Crippen molar-refractivity contribution in [1.29, 1.82) is 0 Å². The van der Waals surface area contributed by atoms with Crippen LogP contribution in [0.3, 0.4) is 0 Å². The van der Waals surface area contributed by atoms with Crippen LogP contribution in [0, 0.1) is 5.82 Å². The number of likely N-dealkylation sites (N-methyl/N-ethyl adjacent to an activating group) is 1. The molecule has 0 aliphatic carbocycles. The highest BCUT2D eigenvalue weighted by Gasteiger charge is 2.22. The summed E-state index contributed by atoms with van der Waals surface area (Å²) in [5.41, 5.74) is 0. The Kier molecular flexibility index (Phi) is 10.9. The van der Waals surface area contributed by atoms with Crippen molar-refractivity contribution in [3.63, 3.8) is 0 Å². The molecule has 2 rings (SSSR count). The second-order valence-corrected chi connectivity index (χ2v) is 6.38. The Morgan fingerprint density at radius 2 is 2.12 bits per heavy atom. The maximum atomic E-state index is 13.6. The van der Waals surface area contributed by atoms with Gasteiger partial charge in [-0.3, -0.25) is 4.90 Å². The lowest BCUT2D eigenvalue weighted by Gasteiger charge is -2.24. The molecule has 0 radical (unpaired) electrons. The Morgan fingerprint density at radius 1 is 1.35 bits per heavy atom. The minimum Gasteiger partial charge on any atom is -0.486 e. The first-order chi connectivity index (χ1) is 12.1. The maximum absolute atomic E-state index is 13.6. The van der Waals surface area contributed by atoms with Gasteiger partial charge in [0.05, 0.1) is 6.54 Å². The predicted molar refractivity (Wildman–Crippen MR) is 116 cm³/mol. The zero-order valence-electron chi connectivity index (χ0n) is 16.0. The zero-order valence-corrected chi connectivity index (χ0v) is 18.3. The summed E-state index contributed by atoms with van der Waals surface area (Å²) in [7, 11) is 0. The fourth-order valence-electron chi connectivity index (χ4n) is 3.11. The van der Waals surface area contributed by atoms with Crippen LogP contribution in [0.1, 0.15) is 33.6 Å². The van der Waals surface area contributed by atoms with E-state index in [4.69, 9.17) is 4.74 Å². The molecule has 0 aromatic heterocycles. The topological polar surface area (TPSA) is 48.9 Å². The van der Waals surface area contributed by atoms with E-state index in [1.54, 1.807) is 18.2 Å². The lowest BCUT2D eigenvalue weighted by atomic mass is 10.2. The summed E-state index contributed by atoms with van der Waals surface area (Å²) in [4.78, 5) is 7.08. The van der Waals surface area contributed by atoms with Crippen LogP contribution in [0.5, 0.6) is 5.75 Å². The third-order valence-corrected chi connectivity index (χ3v) is 4.43. The molecule has 1 heterocycles. The molecule has 1 aromatic carbocycles. The SMILES string of the molecule is CCNC(=NCC(C)Oc1ccccc1F)NCC1CCCN1CC.I. The van der Waals surface area contributed by atoms with Gasteiger partial charge in [-0.1, -0.05) is 19.1 Å². The van der Waals surface area contributed by atoms with Gasteiger partial charge in [0.2, 0.25) is 0 Å². The Bertz CT molecular complexity index is 558. The van der Waals surface area contributed by atoms with Gasteiger partial charge in [0.25, 0.3) is 0 Å². The number of halogens is 2. The van der Waals surface area contributed by atoms with Crippen LogP contribution >= 0.6 is 24.0 Å². The van der Waals surface area contributed by atoms with Crippen molar-refractivity contribution in [3.8, 4) is 5.75 Å². The number of aliphatic imine (C=N–C) groups is 1. The molecule has 0 spiro atoms. The number of hydrogen-bond acceptors (Lipinski definition) is 3. The first-order valence-corrected chi connectivity index (χ1v) is 9.31. The standard InChI is InChI=1S/C19H31FN4O.HI/c1-4-21-19(23-14-16-9-8-12-24(16)5-2)22-13-15(3)25-18-11-7-6-10-17(18)20;/h6-7,10-11,15-16H,4-5,8-9,12-14H2,1-3H3,(H2,21,22,23);1H. The molecule has 1 aliphatic rings. The molecule has 2 unspecified atom stereocenters. The van der Waals surface area contributed by atoms with Crippen molar-refractivity contribution in [1.82, 2.24) is 15.5 Å². The minimum absolute atomic E-state index is 0. The summed E-state index contributed by atoms with van der Waals surface area (Å²) in [6.07, 6.45) is 2.29. The van der Waals surface area contributed by atoms with Crippen LogP contribution in [0.4, 0.5) is 4.39 Å². The Balaban J connectivity index is 0.00000338. The highest BCUT2D eigenvalue weighted by molar-refractivity contribution is 14.0. The number of ether oxygens (including phenoxy) is 1. The van der Waals surface area contributed by atoms with E-state index in [1.165, 1.54) is 25.5 Å². The van der Waals surface area contributed by atoms with E-state index < -0.39 is 0 Å². The second-order valence-electron chi connectivity index (χ2n) is 6.38. The highest BCUT2D eigenvalue weighted by Crippen LogP contribution is 2.17. The quantitative estimate of drug-likeness (QED) is 0.342. The first kappa shape index (κ1) is 23.0. The lowest BCUT2D eigenvalue weighted by molar-refractivity contribution is 0.220. The van der Waals surface area contributed by atoms with Gasteiger partial charge in [-0.05, 0) is 51.9 Å². The number of para-hydroxylation sites is 1. The van der Waals surface area contributed by atoms with Crippen molar-refractivity contribution in [2.75, 3.05) is 32.7 Å². The van der Waals surface area contributed by atoms with E-state index in [9.17, 15) is 4.39 Å². The number of hydrogen-bond donors (Lipinski definition) is 2. The van der Waals surface area contributed by atoms with E-state index in [0.717, 1.165) is 25.6 Å². The van der Waals surface area contributed by atoms with Gasteiger partial charge >= 0.3 is 0 Å².